The zero-order valence-electron chi connectivity index (χ0n) is 11.5. The molecule has 0 saturated carbocycles. The van der Waals surface area contributed by atoms with Crippen molar-refractivity contribution in [3.63, 3.8) is 0 Å². The highest BCUT2D eigenvalue weighted by Crippen LogP contribution is 2.24. The SMILES string of the molecule is Cc1cc(-n2ccnc2)nc(C2CCCN(C)C2)n1. The number of aryl methyl sites for hydroxylation is 1. The van der Waals surface area contributed by atoms with Crippen LogP contribution >= 0.6 is 0 Å². The molecule has 19 heavy (non-hydrogen) atoms. The van der Waals surface area contributed by atoms with Gasteiger partial charge < -0.3 is 4.90 Å². The maximum atomic E-state index is 4.72. The molecule has 3 heterocycles. The monoisotopic (exact) mass is 257 g/mol. The number of hydrogen-bond donors (Lipinski definition) is 0. The van der Waals surface area contributed by atoms with Crippen LogP contribution in [-0.2, 0) is 0 Å². The Morgan fingerprint density at radius 2 is 2.21 bits per heavy atom. The minimum Gasteiger partial charge on any atom is -0.306 e. The lowest BCUT2D eigenvalue weighted by Crippen LogP contribution is -2.31. The number of nitrogens with zero attached hydrogens (tertiary/aromatic N) is 5. The lowest BCUT2D eigenvalue weighted by molar-refractivity contribution is 0.245. The van der Waals surface area contributed by atoms with E-state index in [0.29, 0.717) is 5.92 Å². The predicted molar refractivity (Wildman–Crippen MR) is 73.4 cm³/mol. The highest BCUT2D eigenvalue weighted by atomic mass is 15.1. The van der Waals surface area contributed by atoms with E-state index >= 15 is 0 Å². The summed E-state index contributed by atoms with van der Waals surface area (Å²) in [6, 6.07) is 2.00. The van der Waals surface area contributed by atoms with Gasteiger partial charge in [0.05, 0.1) is 0 Å². The molecule has 2 aromatic heterocycles. The van der Waals surface area contributed by atoms with E-state index in [1.165, 1.54) is 19.4 Å². The number of imidazole rings is 1. The summed E-state index contributed by atoms with van der Waals surface area (Å²) in [5, 5.41) is 0. The van der Waals surface area contributed by atoms with E-state index in [1.807, 2.05) is 23.8 Å². The molecule has 1 atom stereocenters. The summed E-state index contributed by atoms with van der Waals surface area (Å²) in [6.07, 6.45) is 7.86. The van der Waals surface area contributed by atoms with Crippen LogP contribution < -0.4 is 0 Å². The van der Waals surface area contributed by atoms with E-state index in [9.17, 15) is 0 Å². The molecule has 1 aliphatic rings. The molecule has 5 heteroatoms. The van der Waals surface area contributed by atoms with Gasteiger partial charge in [0.2, 0.25) is 0 Å². The van der Waals surface area contributed by atoms with Crippen molar-refractivity contribution in [3.8, 4) is 5.82 Å². The molecule has 3 rings (SSSR count). The molecule has 0 aromatic carbocycles. The third kappa shape index (κ3) is 2.66. The average Bonchev–Trinajstić information content (AvgIpc) is 2.92. The predicted octanol–water partition coefficient (Wildman–Crippen LogP) is 1.78. The van der Waals surface area contributed by atoms with E-state index in [1.54, 1.807) is 12.5 Å². The highest BCUT2D eigenvalue weighted by Gasteiger charge is 2.22. The van der Waals surface area contributed by atoms with Crippen LogP contribution in [0.2, 0.25) is 0 Å². The van der Waals surface area contributed by atoms with Crippen molar-refractivity contribution in [2.24, 2.45) is 0 Å². The second-order valence-corrected chi connectivity index (χ2v) is 5.30. The minimum absolute atomic E-state index is 0.445. The molecule has 1 unspecified atom stereocenters. The van der Waals surface area contributed by atoms with Crippen molar-refractivity contribution in [1.82, 2.24) is 24.4 Å². The normalized spacial score (nSPS) is 20.6. The Morgan fingerprint density at radius 3 is 2.95 bits per heavy atom. The van der Waals surface area contributed by atoms with Crippen LogP contribution in [0.4, 0.5) is 0 Å². The number of piperidine rings is 1. The van der Waals surface area contributed by atoms with Crippen LogP contribution in [0.3, 0.4) is 0 Å². The first-order valence-electron chi connectivity index (χ1n) is 6.75. The Morgan fingerprint density at radius 1 is 1.32 bits per heavy atom. The molecule has 5 nitrogen and oxygen atoms in total. The van der Waals surface area contributed by atoms with Gasteiger partial charge in [-0.25, -0.2) is 15.0 Å². The fourth-order valence-electron chi connectivity index (χ4n) is 2.66. The molecule has 100 valence electrons. The number of hydrogen-bond acceptors (Lipinski definition) is 4. The standard InChI is InChI=1S/C14H19N5/c1-11-8-13(19-7-5-15-10-19)17-14(16-11)12-4-3-6-18(2)9-12/h5,7-8,10,12H,3-4,6,9H2,1-2H3. The number of rotatable bonds is 2. The second kappa shape index (κ2) is 5.09. The van der Waals surface area contributed by atoms with Crippen molar-refractivity contribution in [2.75, 3.05) is 20.1 Å². The first kappa shape index (κ1) is 12.3. The van der Waals surface area contributed by atoms with E-state index in [2.05, 4.69) is 21.9 Å². The van der Waals surface area contributed by atoms with Gasteiger partial charge in [-0.15, -0.1) is 0 Å². The van der Waals surface area contributed by atoms with Crippen molar-refractivity contribution >= 4 is 0 Å². The van der Waals surface area contributed by atoms with Crippen molar-refractivity contribution in [1.29, 1.82) is 0 Å². The summed E-state index contributed by atoms with van der Waals surface area (Å²) in [4.78, 5) is 15.8. The Bertz CT molecular complexity index is 549. The molecule has 0 bridgehead atoms. The Kier molecular flexibility index (Phi) is 3.29. The van der Waals surface area contributed by atoms with Gasteiger partial charge in [-0.05, 0) is 33.4 Å². The quantitative estimate of drug-likeness (QED) is 0.822. The molecular weight excluding hydrogens is 238 g/mol. The summed E-state index contributed by atoms with van der Waals surface area (Å²) in [5.74, 6) is 2.32. The first-order chi connectivity index (χ1) is 9.22. The number of likely N-dealkylation sites (N-methyl/N-ethyl adjacent to an activating group) is 1. The third-order valence-corrected chi connectivity index (χ3v) is 3.62. The van der Waals surface area contributed by atoms with E-state index in [4.69, 9.17) is 4.98 Å². The van der Waals surface area contributed by atoms with Crippen LogP contribution in [0, 0.1) is 6.92 Å². The van der Waals surface area contributed by atoms with Crippen molar-refractivity contribution in [2.45, 2.75) is 25.7 Å². The Labute approximate surface area is 113 Å². The van der Waals surface area contributed by atoms with Gasteiger partial charge in [-0.3, -0.25) is 4.57 Å². The Balaban J connectivity index is 1.93. The summed E-state index contributed by atoms with van der Waals surface area (Å²) >= 11 is 0. The fraction of sp³-hybridized carbons (Fsp3) is 0.500. The highest BCUT2D eigenvalue weighted by molar-refractivity contribution is 5.25. The van der Waals surface area contributed by atoms with Crippen molar-refractivity contribution < 1.29 is 0 Å². The van der Waals surface area contributed by atoms with Crippen LogP contribution in [-0.4, -0.2) is 44.6 Å². The van der Waals surface area contributed by atoms with Crippen LogP contribution in [0.5, 0.6) is 0 Å². The van der Waals surface area contributed by atoms with Crippen LogP contribution in [0.15, 0.2) is 24.8 Å². The molecule has 1 saturated heterocycles. The summed E-state index contributed by atoms with van der Waals surface area (Å²) in [6.45, 7) is 4.25. The zero-order chi connectivity index (χ0) is 13.2. The van der Waals surface area contributed by atoms with Gasteiger partial charge in [-0.1, -0.05) is 0 Å². The lowest BCUT2D eigenvalue weighted by atomic mass is 9.97. The summed E-state index contributed by atoms with van der Waals surface area (Å²) in [7, 11) is 2.17. The third-order valence-electron chi connectivity index (χ3n) is 3.62. The van der Waals surface area contributed by atoms with Crippen molar-refractivity contribution in [3.05, 3.63) is 36.3 Å². The van der Waals surface area contributed by atoms with Crippen LogP contribution in [0.25, 0.3) is 5.82 Å². The number of likely N-dealkylation sites (tertiary alicyclic amines) is 1. The van der Waals surface area contributed by atoms with E-state index in [-0.39, 0.29) is 0 Å². The molecular formula is C14H19N5. The van der Waals surface area contributed by atoms with Crippen LogP contribution in [0.1, 0.15) is 30.3 Å². The summed E-state index contributed by atoms with van der Waals surface area (Å²) < 4.78 is 1.94. The molecule has 0 radical (unpaired) electrons. The molecule has 1 fully saturated rings. The second-order valence-electron chi connectivity index (χ2n) is 5.30. The average molecular weight is 257 g/mol. The van der Waals surface area contributed by atoms with Gasteiger partial charge in [0.25, 0.3) is 0 Å². The van der Waals surface area contributed by atoms with Gasteiger partial charge in [0, 0.05) is 36.6 Å². The molecule has 0 N–H and O–H groups in total. The summed E-state index contributed by atoms with van der Waals surface area (Å²) in [5.41, 5.74) is 1.02. The van der Waals surface area contributed by atoms with Gasteiger partial charge in [-0.2, -0.15) is 0 Å². The smallest absolute Gasteiger partial charge is 0.141 e. The lowest BCUT2D eigenvalue weighted by Gasteiger charge is -2.28. The molecule has 0 aliphatic carbocycles. The zero-order valence-corrected chi connectivity index (χ0v) is 11.5. The van der Waals surface area contributed by atoms with E-state index in [0.717, 1.165) is 23.9 Å². The van der Waals surface area contributed by atoms with E-state index < -0.39 is 0 Å². The van der Waals surface area contributed by atoms with Gasteiger partial charge in [0.1, 0.15) is 18.0 Å². The Hall–Kier alpha value is -1.75. The maximum absolute atomic E-state index is 4.72. The molecule has 2 aromatic rings. The maximum Gasteiger partial charge on any atom is 0.141 e. The molecule has 0 amide bonds. The van der Waals surface area contributed by atoms with Gasteiger partial charge >= 0.3 is 0 Å². The largest absolute Gasteiger partial charge is 0.306 e. The van der Waals surface area contributed by atoms with Gasteiger partial charge in [0.15, 0.2) is 0 Å². The number of aromatic nitrogens is 4. The minimum atomic E-state index is 0.445. The molecule has 0 spiro atoms. The first-order valence-corrected chi connectivity index (χ1v) is 6.75. The molecule has 1 aliphatic heterocycles. The fourth-order valence-corrected chi connectivity index (χ4v) is 2.66. The topological polar surface area (TPSA) is 46.8 Å².